The van der Waals surface area contributed by atoms with Gasteiger partial charge in [0, 0.05) is 22.1 Å². The number of ketones is 1. The first-order valence-corrected chi connectivity index (χ1v) is 7.98. The lowest BCUT2D eigenvalue weighted by molar-refractivity contribution is -0.153. The van der Waals surface area contributed by atoms with Gasteiger partial charge in [-0.15, -0.1) is 0 Å². The maximum Gasteiger partial charge on any atom is 0.333 e. The Morgan fingerprint density at radius 3 is 2.83 bits per heavy atom. The Bertz CT molecular complexity index is 737. The molecule has 0 N–H and O–H groups in total. The zero-order chi connectivity index (χ0) is 16.9. The van der Waals surface area contributed by atoms with Crippen molar-refractivity contribution in [1.29, 1.82) is 0 Å². The summed E-state index contributed by atoms with van der Waals surface area (Å²) in [4.78, 5) is 25.1. The molecule has 1 heterocycles. The van der Waals surface area contributed by atoms with Crippen molar-refractivity contribution in [2.24, 2.45) is 11.3 Å². The molecule has 2 aliphatic carbocycles. The second kappa shape index (κ2) is 5.22. The fraction of sp³-hybridized carbons (Fsp3) is 0.474. The lowest BCUT2D eigenvalue weighted by atomic mass is 9.58. The van der Waals surface area contributed by atoms with Crippen molar-refractivity contribution in [3.05, 3.63) is 47.0 Å². The molecule has 2 aliphatic rings. The van der Waals surface area contributed by atoms with Crippen molar-refractivity contribution in [2.45, 2.75) is 46.6 Å². The molecule has 0 fully saturated rings. The van der Waals surface area contributed by atoms with E-state index in [4.69, 9.17) is 9.15 Å². The summed E-state index contributed by atoms with van der Waals surface area (Å²) in [6.45, 7) is 11.3. The molecule has 0 aliphatic heterocycles. The highest BCUT2D eigenvalue weighted by Gasteiger charge is 2.55. The summed E-state index contributed by atoms with van der Waals surface area (Å²) in [6.07, 6.45) is 4.83. The number of furan rings is 1. The maximum atomic E-state index is 12.9. The van der Waals surface area contributed by atoms with E-state index in [2.05, 4.69) is 13.5 Å². The van der Waals surface area contributed by atoms with E-state index >= 15 is 0 Å². The van der Waals surface area contributed by atoms with Crippen molar-refractivity contribution in [1.82, 2.24) is 0 Å². The number of aryl methyl sites for hydroxylation is 1. The largest absolute Gasteiger partial charge is 0.460 e. The van der Waals surface area contributed by atoms with E-state index in [0.29, 0.717) is 22.5 Å². The Labute approximate surface area is 136 Å². The van der Waals surface area contributed by atoms with Gasteiger partial charge in [-0.1, -0.05) is 26.5 Å². The van der Waals surface area contributed by atoms with Crippen LogP contribution in [-0.2, 0) is 9.53 Å². The molecule has 1 aromatic rings. The van der Waals surface area contributed by atoms with Crippen LogP contribution in [0, 0.1) is 18.3 Å². The minimum absolute atomic E-state index is 0.0789. The monoisotopic (exact) mass is 314 g/mol. The molecule has 3 rings (SSSR count). The molecule has 3 atom stereocenters. The quantitative estimate of drug-likeness (QED) is 0.603. The van der Waals surface area contributed by atoms with Crippen molar-refractivity contribution < 1.29 is 18.7 Å². The van der Waals surface area contributed by atoms with Gasteiger partial charge in [-0.05, 0) is 38.2 Å². The summed E-state index contributed by atoms with van der Waals surface area (Å²) in [5.74, 6) is 0.00989. The van der Waals surface area contributed by atoms with Crippen molar-refractivity contribution in [3.63, 3.8) is 0 Å². The van der Waals surface area contributed by atoms with Gasteiger partial charge in [0.25, 0.3) is 0 Å². The highest BCUT2D eigenvalue weighted by atomic mass is 16.5. The van der Waals surface area contributed by atoms with Crippen LogP contribution in [0.1, 0.15) is 61.4 Å². The number of allylic oxidation sites excluding steroid dienone is 1. The molecule has 0 saturated heterocycles. The molecule has 0 bridgehead atoms. The van der Waals surface area contributed by atoms with Gasteiger partial charge >= 0.3 is 5.97 Å². The smallest absolute Gasteiger partial charge is 0.333 e. The van der Waals surface area contributed by atoms with Crippen LogP contribution >= 0.6 is 0 Å². The van der Waals surface area contributed by atoms with E-state index in [0.717, 1.165) is 18.4 Å². The maximum absolute atomic E-state index is 12.9. The van der Waals surface area contributed by atoms with Crippen LogP contribution in [0.3, 0.4) is 0 Å². The van der Waals surface area contributed by atoms with E-state index in [1.165, 1.54) is 0 Å². The van der Waals surface area contributed by atoms with Crippen molar-refractivity contribution in [2.75, 3.05) is 0 Å². The summed E-state index contributed by atoms with van der Waals surface area (Å²) < 4.78 is 11.3. The number of ether oxygens (including phenoxy) is 1. The van der Waals surface area contributed by atoms with E-state index in [9.17, 15) is 9.59 Å². The molecule has 0 radical (unpaired) electrons. The van der Waals surface area contributed by atoms with Gasteiger partial charge in [0.15, 0.2) is 5.76 Å². The molecule has 0 amide bonds. The summed E-state index contributed by atoms with van der Waals surface area (Å²) in [7, 11) is 0. The van der Waals surface area contributed by atoms with Crippen LogP contribution in [0.15, 0.2) is 34.5 Å². The summed E-state index contributed by atoms with van der Waals surface area (Å²) in [6, 6.07) is 0. The van der Waals surface area contributed by atoms with Crippen LogP contribution < -0.4 is 0 Å². The topological polar surface area (TPSA) is 56.5 Å². The van der Waals surface area contributed by atoms with Crippen LogP contribution in [-0.4, -0.2) is 11.8 Å². The molecule has 4 heteroatoms. The average Bonchev–Trinajstić information content (AvgIpc) is 2.87. The number of rotatable bonds is 2. The molecule has 122 valence electrons. The predicted octanol–water partition coefficient (Wildman–Crippen LogP) is 4.31. The molecule has 23 heavy (non-hydrogen) atoms. The van der Waals surface area contributed by atoms with Gasteiger partial charge in [0.1, 0.15) is 6.10 Å². The molecule has 4 nitrogen and oxygen atoms in total. The van der Waals surface area contributed by atoms with E-state index in [-0.39, 0.29) is 11.7 Å². The molecule has 3 unspecified atom stereocenters. The Morgan fingerprint density at radius 2 is 2.17 bits per heavy atom. The lowest BCUT2D eigenvalue weighted by Crippen LogP contribution is -2.45. The molecular weight excluding hydrogens is 292 g/mol. The Morgan fingerprint density at radius 1 is 1.48 bits per heavy atom. The Balaban J connectivity index is 2.21. The number of esters is 1. The zero-order valence-electron chi connectivity index (χ0n) is 14.1. The molecular formula is C19H22O4. The number of carbonyl (C=O) groups is 2. The summed E-state index contributed by atoms with van der Waals surface area (Å²) >= 11 is 0. The van der Waals surface area contributed by atoms with Crippen molar-refractivity contribution in [3.8, 4) is 0 Å². The van der Waals surface area contributed by atoms with E-state index in [1.54, 1.807) is 13.2 Å². The zero-order valence-corrected chi connectivity index (χ0v) is 14.1. The van der Waals surface area contributed by atoms with Gasteiger partial charge < -0.3 is 9.15 Å². The molecule has 1 aromatic heterocycles. The second-order valence-electron chi connectivity index (χ2n) is 6.94. The first-order valence-electron chi connectivity index (χ1n) is 7.98. The Hall–Kier alpha value is -2.10. The van der Waals surface area contributed by atoms with Gasteiger partial charge in [-0.25, -0.2) is 4.79 Å². The third kappa shape index (κ3) is 2.12. The number of fused-ring (bicyclic) bond motifs is 2. The SMILES string of the molecule is C=C(C)C(=O)OC1c2c(C)coc2C(=O)C2=CCCC(C)C21C. The van der Waals surface area contributed by atoms with Gasteiger partial charge in [-0.2, -0.15) is 0 Å². The standard InChI is InChI=1S/C19H22O4/c1-10(2)18(21)23-17-14-11(3)9-22-16(14)15(20)13-8-6-7-12(4)19(13,17)5/h8-9,12,17H,1,6-7H2,2-5H3. The van der Waals surface area contributed by atoms with Gasteiger partial charge in [0.05, 0.1) is 6.26 Å². The minimum Gasteiger partial charge on any atom is -0.460 e. The van der Waals surface area contributed by atoms with Crippen LogP contribution in [0.25, 0.3) is 0 Å². The highest BCUT2D eigenvalue weighted by molar-refractivity contribution is 6.10. The van der Waals surface area contributed by atoms with Crippen LogP contribution in [0.4, 0.5) is 0 Å². The third-order valence-electron chi connectivity index (χ3n) is 5.41. The number of hydrogen-bond acceptors (Lipinski definition) is 4. The minimum atomic E-state index is -0.540. The normalized spacial score (nSPS) is 29.4. The average molecular weight is 314 g/mol. The Kier molecular flexibility index (Phi) is 3.58. The third-order valence-corrected chi connectivity index (χ3v) is 5.41. The fourth-order valence-corrected chi connectivity index (χ4v) is 3.77. The highest BCUT2D eigenvalue weighted by Crippen LogP contribution is 2.57. The van der Waals surface area contributed by atoms with Gasteiger partial charge in [0.2, 0.25) is 5.78 Å². The number of Topliss-reactive ketones (excluding diaryl/α,β-unsaturated/α-hetero) is 1. The fourth-order valence-electron chi connectivity index (χ4n) is 3.77. The van der Waals surface area contributed by atoms with E-state index < -0.39 is 17.5 Å². The lowest BCUT2D eigenvalue weighted by Gasteiger charge is -2.47. The number of carbonyl (C=O) groups excluding carboxylic acids is 2. The molecule has 0 aromatic carbocycles. The summed E-state index contributed by atoms with van der Waals surface area (Å²) in [5, 5.41) is 0. The van der Waals surface area contributed by atoms with Crippen LogP contribution in [0.2, 0.25) is 0 Å². The molecule has 0 spiro atoms. The number of hydrogen-bond donors (Lipinski definition) is 0. The van der Waals surface area contributed by atoms with E-state index in [1.807, 2.05) is 19.9 Å². The predicted molar refractivity (Wildman–Crippen MR) is 86.0 cm³/mol. The molecule has 0 saturated carbocycles. The van der Waals surface area contributed by atoms with Crippen LogP contribution in [0.5, 0.6) is 0 Å². The first kappa shape index (κ1) is 15.8. The first-order chi connectivity index (χ1) is 10.8. The summed E-state index contributed by atoms with van der Waals surface area (Å²) in [5.41, 5.74) is 2.06. The van der Waals surface area contributed by atoms with Crippen molar-refractivity contribution >= 4 is 11.8 Å². The second-order valence-corrected chi connectivity index (χ2v) is 6.94. The van der Waals surface area contributed by atoms with Gasteiger partial charge in [-0.3, -0.25) is 4.79 Å².